The van der Waals surface area contributed by atoms with E-state index in [0.29, 0.717) is 6.07 Å². The van der Waals surface area contributed by atoms with Crippen LogP contribution in [-0.2, 0) is 0 Å². The molecule has 0 amide bonds. The molecule has 0 aliphatic carbocycles. The molecule has 22 heavy (non-hydrogen) atoms. The van der Waals surface area contributed by atoms with Crippen LogP contribution < -0.4 is 9.47 Å². The Balaban J connectivity index is 2.33. The Morgan fingerprint density at radius 1 is 1.05 bits per heavy atom. The summed E-state index contributed by atoms with van der Waals surface area (Å²) in [5.74, 6) is -3.14. The third-order valence-corrected chi connectivity index (χ3v) is 2.47. The lowest BCUT2D eigenvalue weighted by Crippen LogP contribution is -2.04. The van der Waals surface area contributed by atoms with Crippen molar-refractivity contribution in [1.29, 1.82) is 0 Å². The van der Waals surface area contributed by atoms with Gasteiger partial charge in [-0.1, -0.05) is 0 Å². The van der Waals surface area contributed by atoms with Gasteiger partial charge in [-0.3, -0.25) is 10.1 Å². The average molecular weight is 317 g/mol. The largest absolute Gasteiger partial charge is 0.454 e. The average Bonchev–Trinajstić information content (AvgIpc) is 2.41. The maximum Gasteiger partial charge on any atom is 0.387 e. The van der Waals surface area contributed by atoms with Gasteiger partial charge < -0.3 is 9.47 Å². The second kappa shape index (κ2) is 6.29. The molecule has 0 saturated carbocycles. The maximum atomic E-state index is 13.4. The number of halogens is 4. The Bertz CT molecular complexity index is 708. The van der Waals surface area contributed by atoms with Crippen LogP contribution >= 0.6 is 0 Å². The SMILES string of the molecule is O=[N+]([O-])c1ccc(Oc2ccc(F)cc2F)cc1OC(F)F. The molecule has 0 radical (unpaired) electrons. The first kappa shape index (κ1) is 15.5. The van der Waals surface area contributed by atoms with Crippen LogP contribution in [0.25, 0.3) is 0 Å². The van der Waals surface area contributed by atoms with Gasteiger partial charge in [0.05, 0.1) is 4.92 Å². The highest BCUT2D eigenvalue weighted by atomic mass is 19.3. The fraction of sp³-hybridized carbons (Fsp3) is 0.0769. The molecule has 5 nitrogen and oxygen atoms in total. The molecular weight excluding hydrogens is 310 g/mol. The summed E-state index contributed by atoms with van der Waals surface area (Å²) in [5.41, 5.74) is -0.702. The molecule has 0 heterocycles. The van der Waals surface area contributed by atoms with Gasteiger partial charge in [0, 0.05) is 18.2 Å². The predicted octanol–water partition coefficient (Wildman–Crippen LogP) is 4.27. The molecule has 2 rings (SSSR count). The first-order valence-electron chi connectivity index (χ1n) is 5.73. The standard InChI is InChI=1S/C13H7F4NO4/c14-7-1-4-11(9(15)5-7)21-8-2-3-10(18(19)20)12(6-8)22-13(16)17/h1-6,13H. The normalized spacial score (nSPS) is 10.6. The highest BCUT2D eigenvalue weighted by Gasteiger charge is 2.20. The lowest BCUT2D eigenvalue weighted by molar-refractivity contribution is -0.386. The number of nitro benzene ring substituents is 1. The van der Waals surface area contributed by atoms with Crippen LogP contribution in [0.2, 0.25) is 0 Å². The number of benzene rings is 2. The van der Waals surface area contributed by atoms with Crippen molar-refractivity contribution in [2.24, 2.45) is 0 Å². The zero-order valence-corrected chi connectivity index (χ0v) is 10.6. The van der Waals surface area contributed by atoms with Crippen molar-refractivity contribution in [2.45, 2.75) is 6.61 Å². The number of rotatable bonds is 5. The van der Waals surface area contributed by atoms with E-state index in [2.05, 4.69) is 4.74 Å². The van der Waals surface area contributed by atoms with Gasteiger partial charge in [-0.25, -0.2) is 8.78 Å². The van der Waals surface area contributed by atoms with Crippen molar-refractivity contribution in [3.05, 3.63) is 58.1 Å². The van der Waals surface area contributed by atoms with Crippen LogP contribution in [0.5, 0.6) is 17.2 Å². The molecule has 0 aromatic heterocycles. The topological polar surface area (TPSA) is 61.6 Å². The molecule has 0 bridgehead atoms. The van der Waals surface area contributed by atoms with Gasteiger partial charge in [0.2, 0.25) is 5.75 Å². The van der Waals surface area contributed by atoms with Crippen molar-refractivity contribution in [3.8, 4) is 17.2 Å². The Kier molecular flexibility index (Phi) is 4.44. The summed E-state index contributed by atoms with van der Waals surface area (Å²) in [4.78, 5) is 9.79. The molecule has 9 heteroatoms. The van der Waals surface area contributed by atoms with E-state index < -0.39 is 34.6 Å². The minimum Gasteiger partial charge on any atom is -0.454 e. The zero-order valence-electron chi connectivity index (χ0n) is 10.6. The van der Waals surface area contributed by atoms with E-state index >= 15 is 0 Å². The van der Waals surface area contributed by atoms with Gasteiger partial charge in [0.1, 0.15) is 11.6 Å². The van der Waals surface area contributed by atoms with Crippen molar-refractivity contribution in [1.82, 2.24) is 0 Å². The summed E-state index contributed by atoms with van der Waals surface area (Å²) < 4.78 is 59.7. The summed E-state index contributed by atoms with van der Waals surface area (Å²) in [7, 11) is 0. The predicted molar refractivity (Wildman–Crippen MR) is 66.2 cm³/mol. The summed E-state index contributed by atoms with van der Waals surface area (Å²) >= 11 is 0. The van der Waals surface area contributed by atoms with Crippen molar-refractivity contribution < 1.29 is 32.0 Å². The molecule has 0 fully saturated rings. The molecule has 116 valence electrons. The van der Waals surface area contributed by atoms with E-state index in [-0.39, 0.29) is 11.5 Å². The number of hydrogen-bond acceptors (Lipinski definition) is 4. The lowest BCUT2D eigenvalue weighted by Gasteiger charge is -2.09. The molecule has 2 aromatic rings. The molecule has 0 N–H and O–H groups in total. The zero-order chi connectivity index (χ0) is 16.3. The Hall–Kier alpha value is -2.84. The second-order valence-corrected chi connectivity index (χ2v) is 3.94. The number of ether oxygens (including phenoxy) is 2. The number of nitrogens with zero attached hydrogens (tertiary/aromatic N) is 1. The van der Waals surface area contributed by atoms with Crippen LogP contribution in [-0.4, -0.2) is 11.5 Å². The molecule has 0 aliphatic rings. The van der Waals surface area contributed by atoms with Crippen LogP contribution in [0, 0.1) is 21.7 Å². The molecule has 0 atom stereocenters. The van der Waals surface area contributed by atoms with Crippen LogP contribution in [0.15, 0.2) is 36.4 Å². The van der Waals surface area contributed by atoms with E-state index in [9.17, 15) is 27.7 Å². The van der Waals surface area contributed by atoms with E-state index in [4.69, 9.17) is 4.74 Å². The van der Waals surface area contributed by atoms with Crippen LogP contribution in [0.1, 0.15) is 0 Å². The van der Waals surface area contributed by atoms with Crippen molar-refractivity contribution >= 4 is 5.69 Å². The first-order chi connectivity index (χ1) is 10.4. The van der Waals surface area contributed by atoms with Gasteiger partial charge in [0.25, 0.3) is 0 Å². The molecule has 0 unspecified atom stereocenters. The smallest absolute Gasteiger partial charge is 0.387 e. The summed E-state index contributed by atoms with van der Waals surface area (Å²) in [5, 5.41) is 10.7. The minimum atomic E-state index is -3.28. The van der Waals surface area contributed by atoms with Gasteiger partial charge in [-0.15, -0.1) is 0 Å². The quantitative estimate of drug-likeness (QED) is 0.469. The Morgan fingerprint density at radius 2 is 1.77 bits per heavy atom. The summed E-state index contributed by atoms with van der Waals surface area (Å²) in [6, 6.07) is 5.23. The van der Waals surface area contributed by atoms with E-state index in [0.717, 1.165) is 30.3 Å². The highest BCUT2D eigenvalue weighted by Crippen LogP contribution is 2.34. The maximum absolute atomic E-state index is 13.4. The van der Waals surface area contributed by atoms with Crippen LogP contribution in [0.3, 0.4) is 0 Å². The number of nitro groups is 1. The lowest BCUT2D eigenvalue weighted by atomic mass is 10.2. The third kappa shape index (κ3) is 3.62. The Morgan fingerprint density at radius 3 is 2.36 bits per heavy atom. The van der Waals surface area contributed by atoms with Gasteiger partial charge in [-0.2, -0.15) is 8.78 Å². The summed E-state index contributed by atoms with van der Waals surface area (Å²) in [6.07, 6.45) is 0. The fourth-order valence-electron chi connectivity index (χ4n) is 1.58. The van der Waals surface area contributed by atoms with Gasteiger partial charge in [0.15, 0.2) is 11.6 Å². The van der Waals surface area contributed by atoms with Crippen molar-refractivity contribution in [2.75, 3.05) is 0 Å². The number of hydrogen-bond donors (Lipinski definition) is 0. The molecule has 2 aromatic carbocycles. The Labute approximate surface area is 120 Å². The molecule has 0 saturated heterocycles. The fourth-order valence-corrected chi connectivity index (χ4v) is 1.58. The van der Waals surface area contributed by atoms with E-state index in [1.807, 2.05) is 0 Å². The highest BCUT2D eigenvalue weighted by molar-refractivity contribution is 5.51. The number of alkyl halides is 2. The van der Waals surface area contributed by atoms with E-state index in [1.165, 1.54) is 0 Å². The monoisotopic (exact) mass is 317 g/mol. The second-order valence-electron chi connectivity index (χ2n) is 3.94. The first-order valence-corrected chi connectivity index (χ1v) is 5.73. The van der Waals surface area contributed by atoms with Gasteiger partial charge >= 0.3 is 12.3 Å². The van der Waals surface area contributed by atoms with Gasteiger partial charge in [-0.05, 0) is 18.2 Å². The molecule has 0 aliphatic heterocycles. The van der Waals surface area contributed by atoms with E-state index in [1.54, 1.807) is 0 Å². The molecular formula is C13H7F4NO4. The summed E-state index contributed by atoms with van der Waals surface area (Å²) in [6.45, 7) is -3.28. The third-order valence-electron chi connectivity index (χ3n) is 2.47. The van der Waals surface area contributed by atoms with Crippen molar-refractivity contribution in [3.63, 3.8) is 0 Å². The molecule has 0 spiro atoms. The minimum absolute atomic E-state index is 0.188. The van der Waals surface area contributed by atoms with Crippen LogP contribution in [0.4, 0.5) is 23.2 Å².